The number of anilines is 1. The first-order chi connectivity index (χ1) is 11.1. The van der Waals surface area contributed by atoms with Crippen molar-refractivity contribution >= 4 is 35.6 Å². The van der Waals surface area contributed by atoms with Crippen LogP contribution in [0.15, 0.2) is 29.3 Å². The zero-order valence-corrected chi connectivity index (χ0v) is 17.2. The first-order valence-electron chi connectivity index (χ1n) is 9.06. The van der Waals surface area contributed by atoms with Crippen molar-refractivity contribution in [1.29, 1.82) is 0 Å². The summed E-state index contributed by atoms with van der Waals surface area (Å²) in [4.78, 5) is 7.30. The summed E-state index contributed by atoms with van der Waals surface area (Å²) in [6.07, 6.45) is 6.45. The van der Waals surface area contributed by atoms with Crippen molar-refractivity contribution in [3.05, 3.63) is 29.8 Å². The molecule has 3 rings (SSSR count). The number of aliphatic imine (C=N–C) groups is 1. The summed E-state index contributed by atoms with van der Waals surface area (Å²) in [5, 5.41) is 3.24. The zero-order chi connectivity index (χ0) is 16.2. The Labute approximate surface area is 163 Å². The quantitative estimate of drug-likeness (QED) is 0.418. The van der Waals surface area contributed by atoms with Gasteiger partial charge in [0.2, 0.25) is 0 Å². The smallest absolute Gasteiger partial charge is 0.193 e. The van der Waals surface area contributed by atoms with Crippen LogP contribution >= 0.6 is 24.0 Å². The lowest BCUT2D eigenvalue weighted by Crippen LogP contribution is -2.49. The van der Waals surface area contributed by atoms with Gasteiger partial charge in [0.15, 0.2) is 5.96 Å². The van der Waals surface area contributed by atoms with Gasteiger partial charge >= 0.3 is 0 Å². The molecule has 1 aliphatic carbocycles. The van der Waals surface area contributed by atoms with Gasteiger partial charge in [-0.1, -0.05) is 32.4 Å². The molecule has 2 aliphatic rings. The summed E-state index contributed by atoms with van der Waals surface area (Å²) in [5.41, 5.74) is 8.44. The van der Waals surface area contributed by atoms with Crippen LogP contribution in [-0.2, 0) is 0 Å². The highest BCUT2D eigenvalue weighted by atomic mass is 127. The number of benzene rings is 1. The van der Waals surface area contributed by atoms with Crippen LogP contribution in [0.25, 0.3) is 0 Å². The molecule has 24 heavy (non-hydrogen) atoms. The topological polar surface area (TPSA) is 53.6 Å². The second kappa shape index (κ2) is 9.04. The van der Waals surface area contributed by atoms with Crippen LogP contribution in [0, 0.1) is 0 Å². The van der Waals surface area contributed by atoms with E-state index in [0.29, 0.717) is 17.9 Å². The first-order valence-corrected chi connectivity index (χ1v) is 9.06. The van der Waals surface area contributed by atoms with Crippen molar-refractivity contribution in [2.75, 3.05) is 18.4 Å². The number of hydrogen-bond acceptors (Lipinski definition) is 2. The van der Waals surface area contributed by atoms with Crippen LogP contribution in [0.1, 0.15) is 57.4 Å². The molecule has 0 atom stereocenters. The van der Waals surface area contributed by atoms with Gasteiger partial charge in [0.25, 0.3) is 0 Å². The number of nitrogens with two attached hydrogens (primary N) is 1. The lowest BCUT2D eigenvalue weighted by molar-refractivity contribution is 0.0912. The fourth-order valence-electron chi connectivity index (χ4n) is 3.60. The van der Waals surface area contributed by atoms with Gasteiger partial charge in [-0.2, -0.15) is 0 Å². The van der Waals surface area contributed by atoms with Gasteiger partial charge in [-0.05, 0) is 62.4 Å². The molecule has 1 heterocycles. The standard InChI is InChI=1S/C19H30N4.HI/c1-14(2)15-7-6-8-16(11-15)21-19(20)22-17-12-18(13-17)23-9-4-3-5-10-23;/h6-8,11,14,17-18H,3-5,9-10,12-13H2,1-2H3,(H3,20,21,22);1H. The summed E-state index contributed by atoms with van der Waals surface area (Å²) in [6, 6.07) is 9.55. The Balaban J connectivity index is 0.00000208. The lowest BCUT2D eigenvalue weighted by atomic mass is 9.85. The van der Waals surface area contributed by atoms with E-state index in [4.69, 9.17) is 5.73 Å². The highest BCUT2D eigenvalue weighted by Gasteiger charge is 2.33. The molecule has 1 aromatic carbocycles. The summed E-state index contributed by atoms with van der Waals surface area (Å²) >= 11 is 0. The lowest BCUT2D eigenvalue weighted by Gasteiger charge is -2.43. The van der Waals surface area contributed by atoms with Gasteiger partial charge < -0.3 is 16.0 Å². The maximum atomic E-state index is 6.09. The van der Waals surface area contributed by atoms with Gasteiger partial charge in [0.1, 0.15) is 0 Å². The van der Waals surface area contributed by atoms with Crippen LogP contribution in [0.2, 0.25) is 0 Å². The third kappa shape index (κ3) is 5.09. The van der Waals surface area contributed by atoms with Crippen LogP contribution in [0.4, 0.5) is 5.69 Å². The van der Waals surface area contributed by atoms with Crippen LogP contribution in [0.5, 0.6) is 0 Å². The van der Waals surface area contributed by atoms with E-state index in [0.717, 1.165) is 24.6 Å². The highest BCUT2D eigenvalue weighted by molar-refractivity contribution is 14.0. The van der Waals surface area contributed by atoms with Gasteiger partial charge in [-0.15, -0.1) is 24.0 Å². The molecule has 0 unspecified atom stereocenters. The molecule has 0 radical (unpaired) electrons. The molecule has 134 valence electrons. The second-order valence-corrected chi connectivity index (χ2v) is 7.30. The van der Waals surface area contributed by atoms with E-state index >= 15 is 0 Å². The van der Waals surface area contributed by atoms with Crippen molar-refractivity contribution in [1.82, 2.24) is 4.90 Å². The molecule has 1 aromatic rings. The Hall–Kier alpha value is -0.820. The Morgan fingerprint density at radius 1 is 1.21 bits per heavy atom. The van der Waals surface area contributed by atoms with Gasteiger partial charge in [-0.25, -0.2) is 4.99 Å². The number of nitrogens with zero attached hydrogens (tertiary/aromatic N) is 2. The maximum Gasteiger partial charge on any atom is 0.193 e. The number of rotatable bonds is 4. The summed E-state index contributed by atoms with van der Waals surface area (Å²) in [6.45, 7) is 6.95. The van der Waals surface area contributed by atoms with Crippen molar-refractivity contribution in [2.24, 2.45) is 10.7 Å². The number of piperidine rings is 1. The number of hydrogen-bond donors (Lipinski definition) is 2. The molecule has 1 saturated heterocycles. The molecular formula is C19H31IN4. The van der Waals surface area contributed by atoms with E-state index in [1.165, 1.54) is 37.9 Å². The average molecular weight is 442 g/mol. The predicted molar refractivity (Wildman–Crippen MR) is 113 cm³/mol. The third-order valence-electron chi connectivity index (χ3n) is 5.14. The summed E-state index contributed by atoms with van der Waals surface area (Å²) < 4.78 is 0. The molecule has 4 nitrogen and oxygen atoms in total. The van der Waals surface area contributed by atoms with E-state index in [9.17, 15) is 0 Å². The fraction of sp³-hybridized carbons (Fsp3) is 0.632. The Kier molecular flexibility index (Phi) is 7.34. The van der Waals surface area contributed by atoms with E-state index in [1.807, 2.05) is 6.07 Å². The molecule has 0 bridgehead atoms. The summed E-state index contributed by atoms with van der Waals surface area (Å²) in [7, 11) is 0. The van der Waals surface area contributed by atoms with Crippen molar-refractivity contribution in [3.8, 4) is 0 Å². The molecule has 3 N–H and O–H groups in total. The average Bonchev–Trinajstić information content (AvgIpc) is 2.51. The van der Waals surface area contributed by atoms with Crippen molar-refractivity contribution in [3.63, 3.8) is 0 Å². The molecular weight excluding hydrogens is 411 g/mol. The first kappa shape index (κ1) is 19.5. The number of likely N-dealkylation sites (tertiary alicyclic amines) is 1. The molecule has 0 aromatic heterocycles. The maximum absolute atomic E-state index is 6.09. The minimum absolute atomic E-state index is 0. The van der Waals surface area contributed by atoms with Gasteiger partial charge in [0.05, 0.1) is 6.04 Å². The van der Waals surface area contributed by atoms with E-state index in [-0.39, 0.29) is 24.0 Å². The molecule has 2 fully saturated rings. The molecule has 1 saturated carbocycles. The van der Waals surface area contributed by atoms with Crippen LogP contribution in [0.3, 0.4) is 0 Å². The SMILES string of the molecule is CC(C)c1cccc(NC(N)=NC2CC(N3CCCCC3)C2)c1.I. The minimum Gasteiger partial charge on any atom is -0.370 e. The third-order valence-corrected chi connectivity index (χ3v) is 5.14. The van der Waals surface area contributed by atoms with Crippen LogP contribution in [-0.4, -0.2) is 36.0 Å². The highest BCUT2D eigenvalue weighted by Crippen LogP contribution is 2.30. The molecule has 0 amide bonds. The number of halogens is 1. The fourth-order valence-corrected chi connectivity index (χ4v) is 3.60. The van der Waals surface area contributed by atoms with Crippen molar-refractivity contribution < 1.29 is 0 Å². The Bertz CT molecular complexity index is 546. The van der Waals surface area contributed by atoms with E-state index in [2.05, 4.69) is 47.3 Å². The van der Waals surface area contributed by atoms with E-state index in [1.54, 1.807) is 0 Å². The minimum atomic E-state index is 0. The number of guanidine groups is 1. The molecule has 5 heteroatoms. The monoisotopic (exact) mass is 442 g/mol. The Morgan fingerprint density at radius 2 is 1.92 bits per heavy atom. The predicted octanol–water partition coefficient (Wildman–Crippen LogP) is 4.17. The molecule has 0 spiro atoms. The van der Waals surface area contributed by atoms with E-state index < -0.39 is 0 Å². The van der Waals surface area contributed by atoms with Gasteiger partial charge in [0, 0.05) is 11.7 Å². The molecule has 1 aliphatic heterocycles. The largest absolute Gasteiger partial charge is 0.370 e. The Morgan fingerprint density at radius 3 is 2.58 bits per heavy atom. The zero-order valence-electron chi connectivity index (χ0n) is 14.9. The van der Waals surface area contributed by atoms with Crippen LogP contribution < -0.4 is 11.1 Å². The normalized spacial score (nSPS) is 25.0. The number of nitrogens with one attached hydrogen (secondary N) is 1. The van der Waals surface area contributed by atoms with Crippen molar-refractivity contribution in [2.45, 2.75) is 64.0 Å². The summed E-state index contributed by atoms with van der Waals surface area (Å²) in [5.74, 6) is 1.07. The van der Waals surface area contributed by atoms with Gasteiger partial charge in [-0.3, -0.25) is 0 Å². The second-order valence-electron chi connectivity index (χ2n) is 7.30.